The van der Waals surface area contributed by atoms with Gasteiger partial charge in [0.1, 0.15) is 17.8 Å². The van der Waals surface area contributed by atoms with E-state index < -0.39 is 23.8 Å². The molecule has 0 radical (unpaired) electrons. The minimum absolute atomic E-state index is 0.0636. The van der Waals surface area contributed by atoms with Crippen LogP contribution in [0.2, 0.25) is 0 Å². The quantitative estimate of drug-likeness (QED) is 0.297. The van der Waals surface area contributed by atoms with Crippen LogP contribution >= 0.6 is 0 Å². The Kier molecular flexibility index (Phi) is 7.75. The number of nitrogens with zero attached hydrogens (tertiary/aromatic N) is 4. The van der Waals surface area contributed by atoms with Gasteiger partial charge in [-0.3, -0.25) is 9.58 Å². The monoisotopic (exact) mass is 560 g/mol. The van der Waals surface area contributed by atoms with Crippen LogP contribution in [0.15, 0.2) is 54.7 Å². The summed E-state index contributed by atoms with van der Waals surface area (Å²) in [7, 11) is 1.71. The minimum Gasteiger partial charge on any atom is -0.462 e. The van der Waals surface area contributed by atoms with Crippen molar-refractivity contribution in [2.45, 2.75) is 51.8 Å². The van der Waals surface area contributed by atoms with Crippen LogP contribution in [0.5, 0.6) is 0 Å². The molecular weight excluding hydrogens is 524 g/mol. The number of rotatable bonds is 7. The zero-order valence-corrected chi connectivity index (χ0v) is 24.1. The molecule has 1 aliphatic carbocycles. The molecule has 0 spiro atoms. The summed E-state index contributed by atoms with van der Waals surface area (Å²) in [5.41, 5.74) is 4.69. The number of ether oxygens (including phenoxy) is 3. The Bertz CT molecular complexity index is 1410. The van der Waals surface area contributed by atoms with Crippen LogP contribution in [0.25, 0.3) is 11.1 Å². The Hall–Kier alpha value is -4.34. The van der Waals surface area contributed by atoms with Crippen molar-refractivity contribution in [2.24, 2.45) is 7.05 Å². The van der Waals surface area contributed by atoms with Crippen molar-refractivity contribution in [3.63, 3.8) is 0 Å². The minimum atomic E-state index is -0.627. The van der Waals surface area contributed by atoms with Gasteiger partial charge in [0.25, 0.3) is 0 Å². The number of esters is 1. The summed E-state index contributed by atoms with van der Waals surface area (Å²) < 4.78 is 18.2. The highest BCUT2D eigenvalue weighted by Gasteiger charge is 2.41. The molecular formula is C31H36N4O6. The second kappa shape index (κ2) is 11.3. The number of aryl methyl sites for hydroxylation is 1. The molecule has 3 aromatic rings. The highest BCUT2D eigenvalue weighted by Crippen LogP contribution is 2.44. The lowest BCUT2D eigenvalue weighted by Gasteiger charge is -2.44. The molecule has 10 nitrogen and oxygen atoms in total. The van der Waals surface area contributed by atoms with Crippen LogP contribution in [-0.2, 0) is 27.8 Å². The van der Waals surface area contributed by atoms with Gasteiger partial charge in [-0.1, -0.05) is 48.5 Å². The number of carbonyl (C=O) groups is 3. The number of carbonyl (C=O) groups excluding carboxylic acids is 3. The van der Waals surface area contributed by atoms with E-state index in [9.17, 15) is 14.4 Å². The topological polar surface area (TPSA) is 103 Å². The third kappa shape index (κ3) is 5.77. The standard InChI is InChI=1S/C31H36N4O6/c1-6-39-28(36)25-15-32-33(5)27(25)18-35(20-16-34(17-20)29(37)41-31(2,3)4)30(38)40-19-26-23-13-9-7-11-21(23)22-12-8-10-14-24(22)26/h7-15,20,26H,6,16-19H2,1-5H3. The van der Waals surface area contributed by atoms with E-state index in [2.05, 4.69) is 29.4 Å². The molecule has 0 saturated carbocycles. The van der Waals surface area contributed by atoms with Crippen LogP contribution in [0.1, 0.15) is 60.8 Å². The van der Waals surface area contributed by atoms with E-state index in [1.165, 1.54) is 6.20 Å². The van der Waals surface area contributed by atoms with Crippen LogP contribution in [-0.4, -0.2) is 75.7 Å². The average Bonchev–Trinajstić information content (AvgIpc) is 3.42. The van der Waals surface area contributed by atoms with Crippen molar-refractivity contribution in [1.82, 2.24) is 19.6 Å². The molecule has 5 rings (SSSR count). The van der Waals surface area contributed by atoms with Gasteiger partial charge in [0.05, 0.1) is 31.1 Å². The molecule has 0 N–H and O–H groups in total. The van der Waals surface area contributed by atoms with Crippen LogP contribution in [0, 0.1) is 0 Å². The Balaban J connectivity index is 1.36. The summed E-state index contributed by atoms with van der Waals surface area (Å²) >= 11 is 0. The van der Waals surface area contributed by atoms with Crippen molar-refractivity contribution in [3.8, 4) is 11.1 Å². The van der Waals surface area contributed by atoms with E-state index in [4.69, 9.17) is 14.2 Å². The van der Waals surface area contributed by atoms with Gasteiger partial charge in [-0.25, -0.2) is 14.4 Å². The Morgan fingerprint density at radius 2 is 1.59 bits per heavy atom. The Labute approximate surface area is 239 Å². The van der Waals surface area contributed by atoms with E-state index >= 15 is 0 Å². The summed E-state index contributed by atoms with van der Waals surface area (Å²) in [6.07, 6.45) is 0.475. The first-order chi connectivity index (χ1) is 19.6. The zero-order chi connectivity index (χ0) is 29.3. The maximum Gasteiger partial charge on any atom is 0.410 e. The molecule has 10 heteroatoms. The molecule has 2 amide bonds. The molecule has 2 aliphatic rings. The van der Waals surface area contributed by atoms with Gasteiger partial charge in [-0.2, -0.15) is 5.10 Å². The fraction of sp³-hybridized carbons (Fsp3) is 0.419. The molecule has 2 heterocycles. The number of amides is 2. The summed E-state index contributed by atoms with van der Waals surface area (Å²) in [5, 5.41) is 4.23. The fourth-order valence-corrected chi connectivity index (χ4v) is 5.34. The second-order valence-corrected chi connectivity index (χ2v) is 11.3. The molecule has 1 aliphatic heterocycles. The van der Waals surface area contributed by atoms with Gasteiger partial charge < -0.3 is 19.1 Å². The SMILES string of the molecule is CCOC(=O)c1cnn(C)c1CN(C(=O)OCC1c2ccccc2-c2ccccc21)C1CN(C(=O)OC(C)(C)C)C1. The molecule has 0 unspecified atom stereocenters. The van der Waals surface area contributed by atoms with Gasteiger partial charge in [-0.05, 0) is 49.9 Å². The first-order valence-corrected chi connectivity index (χ1v) is 13.8. The first-order valence-electron chi connectivity index (χ1n) is 13.8. The molecule has 41 heavy (non-hydrogen) atoms. The lowest BCUT2D eigenvalue weighted by atomic mass is 9.98. The van der Waals surface area contributed by atoms with Crippen molar-refractivity contribution < 1.29 is 28.6 Å². The summed E-state index contributed by atoms with van der Waals surface area (Å²) in [4.78, 5) is 42.0. The lowest BCUT2D eigenvalue weighted by molar-refractivity contribution is -0.0180. The van der Waals surface area contributed by atoms with Crippen molar-refractivity contribution >= 4 is 18.2 Å². The van der Waals surface area contributed by atoms with Crippen molar-refractivity contribution in [2.75, 3.05) is 26.3 Å². The number of hydrogen-bond donors (Lipinski definition) is 0. The van der Waals surface area contributed by atoms with E-state index in [-0.39, 0.29) is 50.4 Å². The number of hydrogen-bond acceptors (Lipinski definition) is 7. The van der Waals surface area contributed by atoms with Crippen LogP contribution in [0.4, 0.5) is 9.59 Å². The third-order valence-electron chi connectivity index (χ3n) is 7.40. The molecule has 0 atom stereocenters. The summed E-state index contributed by atoms with van der Waals surface area (Å²) in [5.74, 6) is -0.605. The number of fused-ring (bicyclic) bond motifs is 3. The molecule has 216 valence electrons. The van der Waals surface area contributed by atoms with Crippen LogP contribution < -0.4 is 0 Å². The lowest BCUT2D eigenvalue weighted by Crippen LogP contribution is -2.62. The largest absolute Gasteiger partial charge is 0.462 e. The maximum atomic E-state index is 13.7. The molecule has 1 fully saturated rings. The molecule has 1 aromatic heterocycles. The molecule has 1 saturated heterocycles. The highest BCUT2D eigenvalue weighted by molar-refractivity contribution is 5.90. The van der Waals surface area contributed by atoms with E-state index in [1.807, 2.05) is 45.0 Å². The predicted molar refractivity (Wildman–Crippen MR) is 151 cm³/mol. The summed E-state index contributed by atoms with van der Waals surface area (Å²) in [6, 6.07) is 16.0. The van der Waals surface area contributed by atoms with E-state index in [0.29, 0.717) is 5.69 Å². The predicted octanol–water partition coefficient (Wildman–Crippen LogP) is 4.97. The van der Waals surface area contributed by atoms with Gasteiger partial charge in [0, 0.05) is 26.1 Å². The van der Waals surface area contributed by atoms with E-state index in [0.717, 1.165) is 22.3 Å². The van der Waals surface area contributed by atoms with Crippen LogP contribution in [0.3, 0.4) is 0 Å². The Morgan fingerprint density at radius 3 is 2.17 bits per heavy atom. The normalized spacial score (nSPS) is 14.6. The molecule has 2 aromatic carbocycles. The maximum absolute atomic E-state index is 13.7. The number of likely N-dealkylation sites (tertiary alicyclic amines) is 1. The highest BCUT2D eigenvalue weighted by atomic mass is 16.6. The van der Waals surface area contributed by atoms with Gasteiger partial charge in [-0.15, -0.1) is 0 Å². The van der Waals surface area contributed by atoms with Gasteiger partial charge in [0.2, 0.25) is 0 Å². The summed E-state index contributed by atoms with van der Waals surface area (Å²) in [6.45, 7) is 8.17. The van der Waals surface area contributed by atoms with Crippen molar-refractivity contribution in [3.05, 3.63) is 77.1 Å². The number of benzene rings is 2. The second-order valence-electron chi connectivity index (χ2n) is 11.3. The smallest absolute Gasteiger partial charge is 0.410 e. The average molecular weight is 561 g/mol. The first kappa shape index (κ1) is 28.2. The third-order valence-corrected chi connectivity index (χ3v) is 7.40. The van der Waals surface area contributed by atoms with Gasteiger partial charge in [0.15, 0.2) is 0 Å². The van der Waals surface area contributed by atoms with Gasteiger partial charge >= 0.3 is 18.2 Å². The molecule has 0 bridgehead atoms. The number of aromatic nitrogens is 2. The zero-order valence-electron chi connectivity index (χ0n) is 24.1. The van der Waals surface area contributed by atoms with Crippen molar-refractivity contribution in [1.29, 1.82) is 0 Å². The van der Waals surface area contributed by atoms with E-state index in [1.54, 1.807) is 28.5 Å². The Morgan fingerprint density at radius 1 is 0.976 bits per heavy atom. The fourth-order valence-electron chi connectivity index (χ4n) is 5.34.